The molecule has 1 aliphatic rings. The quantitative estimate of drug-likeness (QED) is 0.341. The molecule has 34 heavy (non-hydrogen) atoms. The third kappa shape index (κ3) is 5.73. The Morgan fingerprint density at radius 3 is 2.62 bits per heavy atom. The van der Waals surface area contributed by atoms with E-state index in [4.69, 9.17) is 10.5 Å². The number of para-hydroxylation sites is 2. The van der Waals surface area contributed by atoms with Crippen LogP contribution in [0.25, 0.3) is 11.6 Å². The van der Waals surface area contributed by atoms with Gasteiger partial charge in [-0.05, 0) is 71.7 Å². The molecule has 174 valence electrons. The van der Waals surface area contributed by atoms with Crippen molar-refractivity contribution in [3.8, 4) is 0 Å². The summed E-state index contributed by atoms with van der Waals surface area (Å²) in [7, 11) is 0. The molecule has 0 spiro atoms. The maximum absolute atomic E-state index is 12.3. The van der Waals surface area contributed by atoms with Gasteiger partial charge in [0, 0.05) is 6.42 Å². The monoisotopic (exact) mass is 454 g/mol. The Morgan fingerprint density at radius 2 is 1.79 bits per heavy atom. The van der Waals surface area contributed by atoms with Crippen molar-refractivity contribution >= 4 is 34.9 Å². The fraction of sp³-hybridized carbons (Fsp3) is 0.241. The van der Waals surface area contributed by atoms with Crippen molar-refractivity contribution in [3.63, 3.8) is 0 Å². The summed E-state index contributed by atoms with van der Waals surface area (Å²) >= 11 is 0. The number of anilines is 2. The molecule has 0 radical (unpaired) electrons. The van der Waals surface area contributed by atoms with Gasteiger partial charge in [-0.15, -0.1) is 0 Å². The van der Waals surface area contributed by atoms with Gasteiger partial charge in [0.2, 0.25) is 5.91 Å². The van der Waals surface area contributed by atoms with Gasteiger partial charge in [0.25, 0.3) is 0 Å². The van der Waals surface area contributed by atoms with Gasteiger partial charge in [0.05, 0.1) is 24.4 Å². The van der Waals surface area contributed by atoms with Gasteiger partial charge in [-0.2, -0.15) is 0 Å². The molecule has 3 aromatic carbocycles. The predicted octanol–water partition coefficient (Wildman–Crippen LogP) is 5.63. The van der Waals surface area contributed by atoms with E-state index in [0.717, 1.165) is 36.0 Å². The second kappa shape index (κ2) is 10.8. The minimum Gasteiger partial charge on any atom is -0.466 e. The van der Waals surface area contributed by atoms with Gasteiger partial charge in [-0.3, -0.25) is 9.59 Å². The third-order valence-corrected chi connectivity index (χ3v) is 6.03. The molecule has 0 atom stereocenters. The minimum atomic E-state index is -0.209. The molecule has 3 aromatic rings. The van der Waals surface area contributed by atoms with Gasteiger partial charge in [-0.25, -0.2) is 0 Å². The Hall–Kier alpha value is -3.86. The molecule has 1 aliphatic carbocycles. The highest BCUT2D eigenvalue weighted by Gasteiger charge is 2.18. The van der Waals surface area contributed by atoms with Crippen molar-refractivity contribution in [2.75, 3.05) is 17.7 Å². The zero-order valence-corrected chi connectivity index (χ0v) is 19.5. The highest BCUT2D eigenvalue weighted by molar-refractivity contribution is 5.95. The summed E-state index contributed by atoms with van der Waals surface area (Å²) in [6.45, 7) is 2.20. The number of carbonyl (C=O) groups is 2. The number of esters is 1. The number of amides is 1. The molecular weight excluding hydrogens is 424 g/mol. The zero-order chi connectivity index (χ0) is 23.9. The van der Waals surface area contributed by atoms with E-state index in [2.05, 4.69) is 41.7 Å². The maximum Gasteiger partial charge on any atom is 0.310 e. The topological polar surface area (TPSA) is 81.4 Å². The fourth-order valence-corrected chi connectivity index (χ4v) is 4.36. The number of carbonyl (C=O) groups excluding carboxylic acids is 2. The Morgan fingerprint density at radius 1 is 1.00 bits per heavy atom. The molecule has 3 N–H and O–H groups in total. The molecule has 0 saturated carbocycles. The fourth-order valence-electron chi connectivity index (χ4n) is 4.36. The molecule has 0 saturated heterocycles. The first-order chi connectivity index (χ1) is 16.5. The van der Waals surface area contributed by atoms with E-state index in [-0.39, 0.29) is 18.3 Å². The van der Waals surface area contributed by atoms with Gasteiger partial charge in [0.15, 0.2) is 0 Å². The molecule has 0 aliphatic heterocycles. The van der Waals surface area contributed by atoms with Crippen LogP contribution < -0.4 is 11.1 Å². The second-order valence-electron chi connectivity index (χ2n) is 8.51. The van der Waals surface area contributed by atoms with Gasteiger partial charge < -0.3 is 15.8 Å². The number of aryl methyl sites for hydroxylation is 1. The lowest BCUT2D eigenvalue weighted by molar-refractivity contribution is -0.141. The average Bonchev–Trinajstić information content (AvgIpc) is 2.97. The molecule has 0 bridgehead atoms. The Kier molecular flexibility index (Phi) is 7.43. The van der Waals surface area contributed by atoms with E-state index in [0.29, 0.717) is 24.4 Å². The third-order valence-electron chi connectivity index (χ3n) is 6.03. The molecule has 0 unspecified atom stereocenters. The smallest absolute Gasteiger partial charge is 0.310 e. The number of hydrogen-bond acceptors (Lipinski definition) is 4. The van der Waals surface area contributed by atoms with E-state index >= 15 is 0 Å². The summed E-state index contributed by atoms with van der Waals surface area (Å²) in [6.07, 6.45) is 5.16. The SMILES string of the molecule is CCOC(=O)CC1=Cc2ccc(CCCC(=O)Nc3ccccc3N)cc2Cc2ccccc21. The van der Waals surface area contributed by atoms with Crippen molar-refractivity contribution < 1.29 is 14.3 Å². The normalized spacial score (nSPS) is 12.1. The first-order valence-electron chi connectivity index (χ1n) is 11.7. The summed E-state index contributed by atoms with van der Waals surface area (Å²) in [6, 6.07) is 22.0. The number of benzene rings is 3. The van der Waals surface area contributed by atoms with E-state index < -0.39 is 0 Å². The second-order valence-corrected chi connectivity index (χ2v) is 8.51. The molecule has 0 fully saturated rings. The van der Waals surface area contributed by atoms with E-state index in [1.165, 1.54) is 16.7 Å². The van der Waals surface area contributed by atoms with Crippen molar-refractivity contribution in [1.29, 1.82) is 0 Å². The largest absolute Gasteiger partial charge is 0.466 e. The molecule has 0 heterocycles. The molecule has 5 heteroatoms. The first-order valence-corrected chi connectivity index (χ1v) is 11.7. The predicted molar refractivity (Wildman–Crippen MR) is 137 cm³/mol. The molecule has 4 rings (SSSR count). The number of rotatable bonds is 8. The maximum atomic E-state index is 12.3. The standard InChI is InChI=1S/C29H30N2O3/c1-2-34-29(33)19-24-17-21-15-14-20(16-23(21)18-22-9-3-4-10-25(22)24)8-7-13-28(32)31-27-12-6-5-11-26(27)30/h3-6,9-12,14-17H,2,7-8,13,18-19,30H2,1H3,(H,31,32). The van der Waals surface area contributed by atoms with Crippen LogP contribution in [-0.4, -0.2) is 18.5 Å². The zero-order valence-electron chi connectivity index (χ0n) is 19.5. The minimum absolute atomic E-state index is 0.0341. The summed E-state index contributed by atoms with van der Waals surface area (Å²) < 4.78 is 5.20. The number of nitrogens with two attached hydrogens (primary N) is 1. The summed E-state index contributed by atoms with van der Waals surface area (Å²) in [5.74, 6) is -0.243. The first kappa shape index (κ1) is 23.3. The van der Waals surface area contributed by atoms with Gasteiger partial charge in [0.1, 0.15) is 0 Å². The lowest BCUT2D eigenvalue weighted by Crippen LogP contribution is -2.12. The van der Waals surface area contributed by atoms with E-state index in [9.17, 15) is 9.59 Å². The molecule has 0 aromatic heterocycles. The number of fused-ring (bicyclic) bond motifs is 2. The molecule has 1 amide bonds. The van der Waals surface area contributed by atoms with Crippen LogP contribution in [0.3, 0.4) is 0 Å². The number of nitrogens with one attached hydrogen (secondary N) is 1. The summed E-state index contributed by atoms with van der Waals surface area (Å²) in [5, 5.41) is 2.89. The van der Waals surface area contributed by atoms with Crippen LogP contribution in [0.1, 0.15) is 54.0 Å². The highest BCUT2D eigenvalue weighted by Crippen LogP contribution is 2.33. The lowest BCUT2D eigenvalue weighted by Gasteiger charge is -2.10. The average molecular weight is 455 g/mol. The van der Waals surface area contributed by atoms with Crippen LogP contribution in [0, 0.1) is 0 Å². The Labute approximate surface area is 200 Å². The van der Waals surface area contributed by atoms with Crippen molar-refractivity contribution in [2.24, 2.45) is 0 Å². The highest BCUT2D eigenvalue weighted by atomic mass is 16.5. The molecular formula is C29H30N2O3. The van der Waals surface area contributed by atoms with Crippen LogP contribution in [0.4, 0.5) is 11.4 Å². The van der Waals surface area contributed by atoms with Crippen molar-refractivity contribution in [3.05, 3.63) is 94.5 Å². The molecule has 5 nitrogen and oxygen atoms in total. The van der Waals surface area contributed by atoms with Crippen LogP contribution in [-0.2, 0) is 27.2 Å². The number of hydrogen-bond donors (Lipinski definition) is 2. The van der Waals surface area contributed by atoms with Crippen LogP contribution in [0.5, 0.6) is 0 Å². The lowest BCUT2D eigenvalue weighted by atomic mass is 9.95. The number of nitrogen functional groups attached to an aromatic ring is 1. The van der Waals surface area contributed by atoms with Crippen LogP contribution in [0.15, 0.2) is 66.7 Å². The van der Waals surface area contributed by atoms with E-state index in [1.807, 2.05) is 31.2 Å². The summed E-state index contributed by atoms with van der Waals surface area (Å²) in [4.78, 5) is 24.5. The Bertz CT molecular complexity index is 1230. The Balaban J connectivity index is 1.45. The van der Waals surface area contributed by atoms with Crippen molar-refractivity contribution in [1.82, 2.24) is 0 Å². The van der Waals surface area contributed by atoms with Gasteiger partial charge in [-0.1, -0.05) is 60.7 Å². The van der Waals surface area contributed by atoms with E-state index in [1.54, 1.807) is 12.1 Å². The van der Waals surface area contributed by atoms with Crippen LogP contribution >= 0.6 is 0 Å². The van der Waals surface area contributed by atoms with Crippen LogP contribution in [0.2, 0.25) is 0 Å². The van der Waals surface area contributed by atoms with Gasteiger partial charge >= 0.3 is 5.97 Å². The number of ether oxygens (including phenoxy) is 1. The summed E-state index contributed by atoms with van der Waals surface area (Å²) in [5.41, 5.74) is 14.0. The van der Waals surface area contributed by atoms with Crippen molar-refractivity contribution in [2.45, 2.75) is 39.0 Å².